The topological polar surface area (TPSA) is 76.6 Å². The molecule has 3 heterocycles. The van der Waals surface area contributed by atoms with Gasteiger partial charge in [-0.15, -0.1) is 0 Å². The van der Waals surface area contributed by atoms with Crippen LogP contribution >= 0.6 is 0 Å². The fourth-order valence-electron chi connectivity index (χ4n) is 3.59. The molecule has 0 fully saturated rings. The molecule has 122 valence electrons. The molecule has 2 bridgehead atoms. The summed E-state index contributed by atoms with van der Waals surface area (Å²) >= 11 is 0. The average molecular weight is 315 g/mol. The number of carbonyl (C=O) groups excluding carboxylic acids is 1. The second-order valence-corrected chi connectivity index (χ2v) is 6.45. The number of nitrogen functional groups attached to an aromatic ring is 1. The van der Waals surface area contributed by atoms with Gasteiger partial charge in [0.05, 0.1) is 17.7 Å². The summed E-state index contributed by atoms with van der Waals surface area (Å²) in [6.45, 7) is 2.29. The van der Waals surface area contributed by atoms with E-state index >= 15 is 0 Å². The molecule has 1 unspecified atom stereocenters. The zero-order valence-electron chi connectivity index (χ0n) is 13.5. The highest BCUT2D eigenvalue weighted by atomic mass is 16.5. The van der Waals surface area contributed by atoms with Crippen molar-refractivity contribution < 1.29 is 9.53 Å². The van der Waals surface area contributed by atoms with Crippen molar-refractivity contribution in [2.45, 2.75) is 25.5 Å². The van der Waals surface area contributed by atoms with Crippen molar-refractivity contribution in [3.8, 4) is 5.75 Å². The molecule has 0 saturated heterocycles. The molecule has 1 aromatic heterocycles. The van der Waals surface area contributed by atoms with Crippen LogP contribution in [0.3, 0.4) is 0 Å². The Morgan fingerprint density at radius 3 is 2.96 bits per heavy atom. The molecule has 2 aliphatic rings. The lowest BCUT2D eigenvalue weighted by Crippen LogP contribution is -2.44. The van der Waals surface area contributed by atoms with Gasteiger partial charge >= 0.3 is 0 Å². The van der Waals surface area contributed by atoms with E-state index < -0.39 is 6.10 Å². The number of carbonyl (C=O) groups is 1. The van der Waals surface area contributed by atoms with E-state index in [-0.39, 0.29) is 5.91 Å². The van der Waals surface area contributed by atoms with Crippen LogP contribution in [-0.4, -0.2) is 58.7 Å². The maximum atomic E-state index is 12.6. The number of imidazole rings is 1. The quantitative estimate of drug-likeness (QED) is 0.773. The molecule has 1 atom stereocenters. The van der Waals surface area contributed by atoms with Crippen LogP contribution in [0.15, 0.2) is 12.1 Å². The zero-order chi connectivity index (χ0) is 16.1. The Kier molecular flexibility index (Phi) is 3.19. The molecule has 0 spiro atoms. The Bertz CT molecular complexity index is 784. The highest BCUT2D eigenvalue weighted by Gasteiger charge is 2.34. The first-order valence-corrected chi connectivity index (χ1v) is 7.92. The van der Waals surface area contributed by atoms with Crippen molar-refractivity contribution in [1.29, 1.82) is 0 Å². The van der Waals surface area contributed by atoms with Gasteiger partial charge in [-0.1, -0.05) is 0 Å². The minimum Gasteiger partial charge on any atom is -0.480 e. The van der Waals surface area contributed by atoms with Crippen molar-refractivity contribution in [3.05, 3.63) is 17.7 Å². The predicted molar refractivity (Wildman–Crippen MR) is 87.1 cm³/mol. The van der Waals surface area contributed by atoms with Crippen molar-refractivity contribution in [1.82, 2.24) is 19.4 Å². The van der Waals surface area contributed by atoms with Crippen LogP contribution in [0.25, 0.3) is 11.0 Å². The van der Waals surface area contributed by atoms with Crippen LogP contribution in [0.4, 0.5) is 5.95 Å². The summed E-state index contributed by atoms with van der Waals surface area (Å²) in [5.41, 5.74) is 9.05. The van der Waals surface area contributed by atoms with E-state index in [0.29, 0.717) is 19.0 Å². The fraction of sp³-hybridized carbons (Fsp3) is 0.500. The number of likely N-dealkylation sites (N-methyl/N-ethyl adjacent to an activating group) is 1. The summed E-state index contributed by atoms with van der Waals surface area (Å²) in [5.74, 6) is 1.32. The van der Waals surface area contributed by atoms with Gasteiger partial charge in [-0.25, -0.2) is 4.98 Å². The number of hydrogen-bond acceptors (Lipinski definition) is 5. The Balaban J connectivity index is 1.84. The molecule has 0 radical (unpaired) electrons. The van der Waals surface area contributed by atoms with Gasteiger partial charge in [-0.3, -0.25) is 9.69 Å². The molecule has 2 aliphatic heterocycles. The van der Waals surface area contributed by atoms with E-state index in [0.717, 1.165) is 41.9 Å². The smallest absolute Gasteiger partial charge is 0.264 e. The number of aromatic nitrogens is 2. The van der Waals surface area contributed by atoms with Gasteiger partial charge in [-0.05, 0) is 25.6 Å². The Morgan fingerprint density at radius 2 is 2.13 bits per heavy atom. The first-order valence-electron chi connectivity index (χ1n) is 7.92. The SMILES string of the molecule is CN1CCCn2c(N)nc3ccc4c(c32)CC(O4)C(=O)N(C)C1. The van der Waals surface area contributed by atoms with Gasteiger partial charge < -0.3 is 19.9 Å². The molecule has 0 saturated carbocycles. The highest BCUT2D eigenvalue weighted by molar-refractivity contribution is 5.88. The number of hydrogen-bond donors (Lipinski definition) is 1. The molecule has 7 nitrogen and oxygen atoms in total. The Labute approximate surface area is 134 Å². The fourth-order valence-corrected chi connectivity index (χ4v) is 3.59. The first kappa shape index (κ1) is 14.3. The standard InChI is InChI=1S/C16H21N5O2/c1-19-6-3-7-21-14-10-8-13(15(22)20(2)9-19)23-12(10)5-4-11(14)18-16(21)17/h4-5,13H,3,6-9H2,1-2H3,(H2,17,18). The molecule has 2 N–H and O–H groups in total. The van der Waals surface area contributed by atoms with E-state index in [1.54, 1.807) is 4.90 Å². The van der Waals surface area contributed by atoms with E-state index in [9.17, 15) is 4.79 Å². The molecule has 7 heteroatoms. The number of benzene rings is 1. The van der Waals surface area contributed by atoms with Crippen molar-refractivity contribution >= 4 is 22.9 Å². The molecule has 1 amide bonds. The predicted octanol–water partition coefficient (Wildman–Crippen LogP) is 0.673. The maximum Gasteiger partial charge on any atom is 0.264 e. The third-order valence-electron chi connectivity index (χ3n) is 4.69. The van der Waals surface area contributed by atoms with E-state index in [2.05, 4.69) is 14.5 Å². The van der Waals surface area contributed by atoms with Crippen molar-refractivity contribution in [2.24, 2.45) is 0 Å². The monoisotopic (exact) mass is 315 g/mol. The number of anilines is 1. The van der Waals surface area contributed by atoms with Gasteiger partial charge in [0.1, 0.15) is 5.75 Å². The number of nitrogens with zero attached hydrogens (tertiary/aromatic N) is 4. The van der Waals surface area contributed by atoms with E-state index in [1.807, 2.05) is 26.2 Å². The lowest BCUT2D eigenvalue weighted by atomic mass is 10.1. The number of ether oxygens (including phenoxy) is 1. The van der Waals surface area contributed by atoms with Gasteiger partial charge in [0, 0.05) is 32.1 Å². The van der Waals surface area contributed by atoms with Crippen LogP contribution in [0, 0.1) is 0 Å². The lowest BCUT2D eigenvalue weighted by Gasteiger charge is -2.26. The number of fused-ring (bicyclic) bond motifs is 1. The van der Waals surface area contributed by atoms with E-state index in [1.165, 1.54) is 0 Å². The van der Waals surface area contributed by atoms with Gasteiger partial charge in [-0.2, -0.15) is 0 Å². The largest absolute Gasteiger partial charge is 0.480 e. The Hall–Kier alpha value is -2.28. The van der Waals surface area contributed by atoms with Gasteiger partial charge in [0.25, 0.3) is 5.91 Å². The summed E-state index contributed by atoms with van der Waals surface area (Å²) in [7, 11) is 3.85. The van der Waals surface area contributed by atoms with Crippen LogP contribution in [0.2, 0.25) is 0 Å². The average Bonchev–Trinajstić information content (AvgIpc) is 3.06. The van der Waals surface area contributed by atoms with Crippen LogP contribution in [0.1, 0.15) is 12.0 Å². The minimum atomic E-state index is -0.460. The minimum absolute atomic E-state index is 0.0146. The molecule has 4 rings (SSSR count). The first-order chi connectivity index (χ1) is 11.0. The molecular formula is C16H21N5O2. The Morgan fingerprint density at radius 1 is 1.30 bits per heavy atom. The molecule has 2 aromatic rings. The van der Waals surface area contributed by atoms with Gasteiger partial charge in [0.15, 0.2) is 6.10 Å². The second kappa shape index (κ2) is 5.13. The molecular weight excluding hydrogens is 294 g/mol. The van der Waals surface area contributed by atoms with Crippen molar-refractivity contribution in [3.63, 3.8) is 0 Å². The number of nitrogens with two attached hydrogens (primary N) is 1. The normalized spacial score (nSPS) is 22.3. The van der Waals surface area contributed by atoms with Crippen LogP contribution in [0.5, 0.6) is 5.75 Å². The van der Waals surface area contributed by atoms with E-state index in [4.69, 9.17) is 10.5 Å². The number of amides is 1. The third-order valence-corrected chi connectivity index (χ3v) is 4.69. The zero-order valence-corrected chi connectivity index (χ0v) is 13.5. The third kappa shape index (κ3) is 2.23. The lowest BCUT2D eigenvalue weighted by molar-refractivity contribution is -0.138. The molecule has 23 heavy (non-hydrogen) atoms. The molecule has 0 aliphatic carbocycles. The van der Waals surface area contributed by atoms with Crippen LogP contribution < -0.4 is 10.5 Å². The van der Waals surface area contributed by atoms with Crippen LogP contribution in [-0.2, 0) is 17.8 Å². The summed E-state index contributed by atoms with van der Waals surface area (Å²) in [4.78, 5) is 21.0. The maximum absolute atomic E-state index is 12.6. The summed E-state index contributed by atoms with van der Waals surface area (Å²) in [6, 6.07) is 3.82. The van der Waals surface area contributed by atoms with Crippen molar-refractivity contribution in [2.75, 3.05) is 33.0 Å². The number of aryl methyl sites for hydroxylation is 1. The summed E-state index contributed by atoms with van der Waals surface area (Å²) in [6.07, 6.45) is 1.06. The summed E-state index contributed by atoms with van der Waals surface area (Å²) < 4.78 is 7.98. The van der Waals surface area contributed by atoms with Gasteiger partial charge in [0.2, 0.25) is 5.95 Å². The highest BCUT2D eigenvalue weighted by Crippen LogP contribution is 2.36. The molecule has 1 aromatic carbocycles. The number of rotatable bonds is 0. The second-order valence-electron chi connectivity index (χ2n) is 6.45. The summed E-state index contributed by atoms with van der Waals surface area (Å²) in [5, 5.41) is 0.